The van der Waals surface area contributed by atoms with Crippen LogP contribution in [-0.2, 0) is 7.05 Å². The number of nitrogens with one attached hydrogen (secondary N) is 1. The summed E-state index contributed by atoms with van der Waals surface area (Å²) in [7, 11) is 3.80. The van der Waals surface area contributed by atoms with Crippen LogP contribution in [0.3, 0.4) is 0 Å². The monoisotopic (exact) mass is 402 g/mol. The summed E-state index contributed by atoms with van der Waals surface area (Å²) in [4.78, 5) is 10.8. The summed E-state index contributed by atoms with van der Waals surface area (Å²) in [6.45, 7) is 0.735. The number of aromatic nitrogens is 6. The average Bonchev–Trinajstić information content (AvgIpc) is 3.33. The predicted molar refractivity (Wildman–Crippen MR) is 106 cm³/mol. The van der Waals surface area contributed by atoms with Crippen LogP contribution in [0.1, 0.15) is 25.7 Å². The van der Waals surface area contributed by atoms with Gasteiger partial charge in [-0.05, 0) is 18.8 Å². The molecule has 0 aromatic carbocycles. The van der Waals surface area contributed by atoms with E-state index in [0.29, 0.717) is 24.6 Å². The molecule has 3 aromatic heterocycles. The van der Waals surface area contributed by atoms with Gasteiger partial charge >= 0.3 is 0 Å². The minimum absolute atomic E-state index is 0.0155. The lowest BCUT2D eigenvalue weighted by Crippen LogP contribution is -2.31. The second-order valence-electron chi connectivity index (χ2n) is 7.59. The van der Waals surface area contributed by atoms with Gasteiger partial charge < -0.3 is 10.2 Å². The third-order valence-corrected chi connectivity index (χ3v) is 5.22. The van der Waals surface area contributed by atoms with Gasteiger partial charge in [0.2, 0.25) is 11.9 Å². The van der Waals surface area contributed by atoms with Crippen LogP contribution in [-0.4, -0.2) is 49.0 Å². The molecule has 1 aliphatic rings. The Bertz CT molecular complexity index is 957. The van der Waals surface area contributed by atoms with E-state index >= 15 is 0 Å². The van der Waals surface area contributed by atoms with Crippen LogP contribution in [0, 0.1) is 5.92 Å². The number of rotatable bonds is 6. The van der Waals surface area contributed by atoms with Crippen molar-refractivity contribution in [2.45, 2.75) is 31.6 Å². The van der Waals surface area contributed by atoms with Crippen molar-refractivity contribution in [1.29, 1.82) is 0 Å². The molecule has 1 aliphatic carbocycles. The number of anilines is 3. The highest BCUT2D eigenvalue weighted by Gasteiger charge is 2.35. The Morgan fingerprint density at radius 2 is 2.00 bits per heavy atom. The van der Waals surface area contributed by atoms with Crippen LogP contribution in [0.15, 0.2) is 37.1 Å². The number of alkyl halides is 2. The average molecular weight is 402 g/mol. The number of aryl methyl sites for hydroxylation is 1. The number of halogens is 2. The first-order valence-corrected chi connectivity index (χ1v) is 9.61. The molecule has 1 saturated carbocycles. The van der Waals surface area contributed by atoms with Gasteiger partial charge in [0.25, 0.3) is 0 Å². The van der Waals surface area contributed by atoms with Crippen molar-refractivity contribution in [2.24, 2.45) is 13.0 Å². The Labute approximate surface area is 167 Å². The zero-order valence-electron chi connectivity index (χ0n) is 16.5. The molecular weight excluding hydrogens is 378 g/mol. The first kappa shape index (κ1) is 19.3. The van der Waals surface area contributed by atoms with E-state index in [1.54, 1.807) is 34.0 Å². The molecule has 0 aliphatic heterocycles. The maximum atomic E-state index is 13.4. The van der Waals surface area contributed by atoms with Gasteiger partial charge in [-0.2, -0.15) is 15.2 Å². The Morgan fingerprint density at radius 1 is 1.21 bits per heavy atom. The highest BCUT2D eigenvalue weighted by atomic mass is 19.3. The molecule has 0 radical (unpaired) electrons. The summed E-state index contributed by atoms with van der Waals surface area (Å²) < 4.78 is 30.1. The van der Waals surface area contributed by atoms with Crippen LogP contribution in [0.2, 0.25) is 0 Å². The largest absolute Gasteiger partial charge is 0.372 e. The fourth-order valence-corrected chi connectivity index (χ4v) is 3.56. The SMILES string of the molecule is CN(CC1CCC(F)(F)CC1)c1cnn(-c2ccnc(Nc3cnn(C)c3)n2)c1. The van der Waals surface area contributed by atoms with Crippen molar-refractivity contribution in [1.82, 2.24) is 29.5 Å². The summed E-state index contributed by atoms with van der Waals surface area (Å²) in [5, 5.41) is 11.6. The number of hydrogen-bond acceptors (Lipinski definition) is 6. The minimum atomic E-state index is -2.49. The molecule has 154 valence electrons. The zero-order chi connectivity index (χ0) is 20.4. The molecule has 0 amide bonds. The fourth-order valence-electron chi connectivity index (χ4n) is 3.56. The standard InChI is InChI=1S/C19H24F2N8/c1-27(11-14-3-6-19(20,21)7-4-14)16-10-24-29(13-16)17-5-8-22-18(26-17)25-15-9-23-28(2)12-15/h5,8-10,12-14H,3-4,6-7,11H2,1-2H3,(H,22,25,26). The van der Waals surface area contributed by atoms with E-state index in [2.05, 4.69) is 30.4 Å². The molecule has 0 bridgehead atoms. The van der Waals surface area contributed by atoms with Crippen LogP contribution in [0.4, 0.5) is 26.1 Å². The smallest absolute Gasteiger partial charge is 0.248 e. The van der Waals surface area contributed by atoms with E-state index in [0.717, 1.165) is 17.9 Å². The topological polar surface area (TPSA) is 76.7 Å². The van der Waals surface area contributed by atoms with Gasteiger partial charge in [-0.25, -0.2) is 18.4 Å². The normalized spacial score (nSPS) is 16.7. The molecule has 29 heavy (non-hydrogen) atoms. The quantitative estimate of drug-likeness (QED) is 0.681. The third kappa shape index (κ3) is 4.69. The van der Waals surface area contributed by atoms with Crippen molar-refractivity contribution in [3.8, 4) is 5.82 Å². The molecule has 0 saturated heterocycles. The lowest BCUT2D eigenvalue weighted by Gasteiger charge is -2.31. The van der Waals surface area contributed by atoms with E-state index in [1.807, 2.05) is 26.5 Å². The van der Waals surface area contributed by atoms with Gasteiger partial charge in [0, 0.05) is 51.9 Å². The van der Waals surface area contributed by atoms with Crippen LogP contribution in [0.25, 0.3) is 5.82 Å². The highest BCUT2D eigenvalue weighted by Crippen LogP contribution is 2.36. The Balaban J connectivity index is 1.41. The molecule has 0 atom stereocenters. The van der Waals surface area contributed by atoms with Gasteiger partial charge in [0.05, 0.1) is 30.0 Å². The first-order chi connectivity index (χ1) is 13.9. The molecule has 0 spiro atoms. The molecule has 0 unspecified atom stereocenters. The second-order valence-corrected chi connectivity index (χ2v) is 7.59. The molecule has 1 N–H and O–H groups in total. The van der Waals surface area contributed by atoms with E-state index in [4.69, 9.17) is 0 Å². The summed E-state index contributed by atoms with van der Waals surface area (Å²) in [5.74, 6) is -1.14. The maximum absolute atomic E-state index is 13.4. The second kappa shape index (κ2) is 7.76. The zero-order valence-corrected chi connectivity index (χ0v) is 16.5. The molecule has 10 heteroatoms. The van der Waals surface area contributed by atoms with Crippen molar-refractivity contribution in [3.05, 3.63) is 37.1 Å². The lowest BCUT2D eigenvalue weighted by molar-refractivity contribution is -0.0448. The van der Waals surface area contributed by atoms with E-state index in [9.17, 15) is 8.78 Å². The first-order valence-electron chi connectivity index (χ1n) is 9.61. The molecule has 1 fully saturated rings. The number of nitrogens with zero attached hydrogens (tertiary/aromatic N) is 7. The van der Waals surface area contributed by atoms with Crippen molar-refractivity contribution in [2.75, 3.05) is 23.8 Å². The molecule has 4 rings (SSSR count). The van der Waals surface area contributed by atoms with Crippen molar-refractivity contribution in [3.63, 3.8) is 0 Å². The maximum Gasteiger partial charge on any atom is 0.248 e. The molecular formula is C19H24F2N8. The highest BCUT2D eigenvalue weighted by molar-refractivity contribution is 5.51. The predicted octanol–water partition coefficient (Wildman–Crippen LogP) is 3.40. The minimum Gasteiger partial charge on any atom is -0.372 e. The van der Waals surface area contributed by atoms with Gasteiger partial charge in [-0.3, -0.25) is 4.68 Å². The Morgan fingerprint density at radius 3 is 2.72 bits per heavy atom. The van der Waals surface area contributed by atoms with E-state index in [1.165, 1.54) is 0 Å². The van der Waals surface area contributed by atoms with Gasteiger partial charge in [0.1, 0.15) is 0 Å². The fraction of sp³-hybridized carbons (Fsp3) is 0.474. The van der Waals surface area contributed by atoms with Crippen LogP contribution < -0.4 is 10.2 Å². The van der Waals surface area contributed by atoms with Crippen molar-refractivity contribution >= 4 is 17.3 Å². The van der Waals surface area contributed by atoms with Gasteiger partial charge in [0.15, 0.2) is 5.82 Å². The lowest BCUT2D eigenvalue weighted by atomic mass is 9.86. The summed E-state index contributed by atoms with van der Waals surface area (Å²) in [6.07, 6.45) is 9.91. The summed E-state index contributed by atoms with van der Waals surface area (Å²) >= 11 is 0. The molecule has 3 heterocycles. The van der Waals surface area contributed by atoms with Crippen LogP contribution in [0.5, 0.6) is 0 Å². The third-order valence-electron chi connectivity index (χ3n) is 5.22. The molecule has 3 aromatic rings. The Kier molecular flexibility index (Phi) is 5.16. The van der Waals surface area contributed by atoms with E-state index < -0.39 is 5.92 Å². The van der Waals surface area contributed by atoms with Gasteiger partial charge in [-0.1, -0.05) is 0 Å². The summed E-state index contributed by atoms with van der Waals surface area (Å²) in [6, 6.07) is 1.77. The summed E-state index contributed by atoms with van der Waals surface area (Å²) in [5.41, 5.74) is 1.71. The molecule has 8 nitrogen and oxygen atoms in total. The number of hydrogen-bond donors (Lipinski definition) is 1. The van der Waals surface area contributed by atoms with E-state index in [-0.39, 0.29) is 18.8 Å². The van der Waals surface area contributed by atoms with Gasteiger partial charge in [-0.15, -0.1) is 0 Å². The van der Waals surface area contributed by atoms with Crippen LogP contribution >= 0.6 is 0 Å². The Hall–Kier alpha value is -3.04. The van der Waals surface area contributed by atoms with Crippen molar-refractivity contribution < 1.29 is 8.78 Å².